The fourth-order valence-electron chi connectivity index (χ4n) is 2.21. The summed E-state index contributed by atoms with van der Waals surface area (Å²) in [5, 5.41) is 4.10. The molecule has 20 heavy (non-hydrogen) atoms. The molecule has 104 valence electrons. The van der Waals surface area contributed by atoms with E-state index in [4.69, 9.17) is 0 Å². The lowest BCUT2D eigenvalue weighted by molar-refractivity contribution is 0.299. The Hall–Kier alpha value is -2.21. The lowest BCUT2D eigenvalue weighted by atomic mass is 10.2. The van der Waals surface area contributed by atoms with Crippen LogP contribution >= 0.6 is 0 Å². The van der Waals surface area contributed by atoms with Crippen LogP contribution in [-0.4, -0.2) is 43.2 Å². The molecule has 0 aliphatic carbocycles. The zero-order valence-corrected chi connectivity index (χ0v) is 11.7. The van der Waals surface area contributed by atoms with Crippen molar-refractivity contribution >= 4 is 11.0 Å². The molecule has 1 N–H and O–H groups in total. The highest BCUT2D eigenvalue weighted by atomic mass is 15.3. The van der Waals surface area contributed by atoms with Gasteiger partial charge in [0.2, 0.25) is 0 Å². The average molecular weight is 270 g/mol. The molecule has 3 aromatic rings. The summed E-state index contributed by atoms with van der Waals surface area (Å²) in [6.07, 6.45) is 3.29. The second kappa shape index (κ2) is 5.42. The van der Waals surface area contributed by atoms with Crippen LogP contribution in [0, 0.1) is 6.92 Å². The van der Waals surface area contributed by atoms with Crippen LogP contribution in [0.4, 0.5) is 0 Å². The molecule has 2 heterocycles. The van der Waals surface area contributed by atoms with Crippen molar-refractivity contribution in [3.63, 3.8) is 0 Å². The number of H-pyrrole nitrogens is 1. The molecular weight excluding hydrogens is 252 g/mol. The number of rotatable bonds is 5. The molecule has 1 aromatic carbocycles. The standard InChI is InChI=1S/C14H18N6/c1-11-3-4-12-13(7-11)18-14(17-12)8-19(2)5-6-20-10-15-9-16-20/h3-4,7,9-10H,5-6,8H2,1-2H3,(H,17,18). The van der Waals surface area contributed by atoms with Gasteiger partial charge >= 0.3 is 0 Å². The Kier molecular flexibility index (Phi) is 3.47. The van der Waals surface area contributed by atoms with Gasteiger partial charge < -0.3 is 4.98 Å². The summed E-state index contributed by atoms with van der Waals surface area (Å²) in [5.41, 5.74) is 3.37. The number of hydrogen-bond acceptors (Lipinski definition) is 4. The van der Waals surface area contributed by atoms with E-state index in [-0.39, 0.29) is 0 Å². The SMILES string of the molecule is Cc1ccc2nc(CN(C)CCn3cncn3)[nH]c2c1. The summed E-state index contributed by atoms with van der Waals surface area (Å²) >= 11 is 0. The van der Waals surface area contributed by atoms with Crippen LogP contribution in [0.15, 0.2) is 30.9 Å². The van der Waals surface area contributed by atoms with Crippen molar-refractivity contribution in [2.75, 3.05) is 13.6 Å². The Balaban J connectivity index is 1.63. The number of aromatic amines is 1. The average Bonchev–Trinajstić information content (AvgIpc) is 3.04. The van der Waals surface area contributed by atoms with Gasteiger partial charge in [0.1, 0.15) is 18.5 Å². The lowest BCUT2D eigenvalue weighted by Gasteiger charge is -2.14. The smallest absolute Gasteiger partial charge is 0.137 e. The van der Waals surface area contributed by atoms with Crippen LogP contribution in [0.25, 0.3) is 11.0 Å². The van der Waals surface area contributed by atoms with Crippen molar-refractivity contribution in [1.82, 2.24) is 29.6 Å². The molecule has 3 rings (SSSR count). The maximum Gasteiger partial charge on any atom is 0.137 e. The number of hydrogen-bond donors (Lipinski definition) is 1. The predicted molar refractivity (Wildman–Crippen MR) is 77.2 cm³/mol. The normalized spacial score (nSPS) is 11.6. The Morgan fingerprint density at radius 2 is 2.25 bits per heavy atom. The molecule has 0 unspecified atom stereocenters. The van der Waals surface area contributed by atoms with E-state index >= 15 is 0 Å². The molecule has 2 aromatic heterocycles. The van der Waals surface area contributed by atoms with E-state index in [1.165, 1.54) is 5.56 Å². The Morgan fingerprint density at radius 1 is 1.35 bits per heavy atom. The van der Waals surface area contributed by atoms with Crippen LogP contribution in [0.1, 0.15) is 11.4 Å². The van der Waals surface area contributed by atoms with Crippen LogP contribution in [-0.2, 0) is 13.1 Å². The van der Waals surface area contributed by atoms with Crippen molar-refractivity contribution in [3.05, 3.63) is 42.2 Å². The third-order valence-electron chi connectivity index (χ3n) is 3.28. The summed E-state index contributed by atoms with van der Waals surface area (Å²) < 4.78 is 1.83. The first-order chi connectivity index (χ1) is 9.70. The van der Waals surface area contributed by atoms with Crippen molar-refractivity contribution in [2.45, 2.75) is 20.0 Å². The molecule has 0 amide bonds. The number of aromatic nitrogens is 5. The minimum Gasteiger partial charge on any atom is -0.341 e. The summed E-state index contributed by atoms with van der Waals surface area (Å²) in [4.78, 5) is 14.1. The fraction of sp³-hybridized carbons (Fsp3) is 0.357. The summed E-state index contributed by atoms with van der Waals surface area (Å²) in [6.45, 7) is 4.61. The molecule has 6 nitrogen and oxygen atoms in total. The highest BCUT2D eigenvalue weighted by molar-refractivity contribution is 5.75. The number of fused-ring (bicyclic) bond motifs is 1. The maximum atomic E-state index is 4.61. The number of nitrogens with zero attached hydrogens (tertiary/aromatic N) is 5. The molecule has 0 aliphatic rings. The monoisotopic (exact) mass is 270 g/mol. The maximum absolute atomic E-state index is 4.61. The van der Waals surface area contributed by atoms with E-state index in [0.29, 0.717) is 0 Å². The van der Waals surface area contributed by atoms with E-state index in [1.54, 1.807) is 12.7 Å². The van der Waals surface area contributed by atoms with E-state index in [9.17, 15) is 0 Å². The van der Waals surface area contributed by atoms with Gasteiger partial charge in [-0.05, 0) is 31.7 Å². The first-order valence-corrected chi connectivity index (χ1v) is 6.67. The second-order valence-corrected chi connectivity index (χ2v) is 5.10. The zero-order valence-electron chi connectivity index (χ0n) is 11.7. The predicted octanol–water partition coefficient (Wildman–Crippen LogP) is 1.59. The molecule has 0 aliphatic heterocycles. The Labute approximate surface area is 117 Å². The Bertz CT molecular complexity index is 685. The van der Waals surface area contributed by atoms with E-state index in [2.05, 4.69) is 57.1 Å². The largest absolute Gasteiger partial charge is 0.341 e. The van der Waals surface area contributed by atoms with Gasteiger partial charge in [-0.1, -0.05) is 6.07 Å². The van der Waals surface area contributed by atoms with Gasteiger partial charge in [0.15, 0.2) is 0 Å². The molecule has 0 radical (unpaired) electrons. The topological polar surface area (TPSA) is 62.6 Å². The molecule has 0 fully saturated rings. The minimum absolute atomic E-state index is 0.794. The first-order valence-electron chi connectivity index (χ1n) is 6.67. The Morgan fingerprint density at radius 3 is 3.05 bits per heavy atom. The van der Waals surface area contributed by atoms with Crippen LogP contribution in [0.5, 0.6) is 0 Å². The molecule has 0 saturated heterocycles. The number of imidazole rings is 1. The van der Waals surface area contributed by atoms with E-state index in [1.807, 2.05) is 4.68 Å². The highest BCUT2D eigenvalue weighted by Crippen LogP contribution is 2.13. The molecule has 0 atom stereocenters. The molecular formula is C14H18N6. The van der Waals surface area contributed by atoms with Gasteiger partial charge in [-0.3, -0.25) is 9.58 Å². The van der Waals surface area contributed by atoms with E-state index in [0.717, 1.165) is 36.5 Å². The quantitative estimate of drug-likeness (QED) is 0.765. The van der Waals surface area contributed by atoms with Crippen molar-refractivity contribution in [2.24, 2.45) is 0 Å². The van der Waals surface area contributed by atoms with Gasteiger partial charge in [0.25, 0.3) is 0 Å². The summed E-state index contributed by atoms with van der Waals surface area (Å²) in [7, 11) is 2.08. The van der Waals surface area contributed by atoms with Crippen molar-refractivity contribution in [3.8, 4) is 0 Å². The molecule has 0 saturated carbocycles. The van der Waals surface area contributed by atoms with Crippen LogP contribution in [0.3, 0.4) is 0 Å². The summed E-state index contributed by atoms with van der Waals surface area (Å²) in [6, 6.07) is 6.27. The molecule has 0 bridgehead atoms. The number of aryl methyl sites for hydroxylation is 1. The first kappa shape index (κ1) is 12.8. The minimum atomic E-state index is 0.794. The fourth-order valence-corrected chi connectivity index (χ4v) is 2.21. The second-order valence-electron chi connectivity index (χ2n) is 5.10. The van der Waals surface area contributed by atoms with Gasteiger partial charge in [-0.15, -0.1) is 0 Å². The highest BCUT2D eigenvalue weighted by Gasteiger charge is 2.06. The van der Waals surface area contributed by atoms with Gasteiger partial charge in [0, 0.05) is 6.54 Å². The third kappa shape index (κ3) is 2.85. The third-order valence-corrected chi connectivity index (χ3v) is 3.28. The molecule has 6 heteroatoms. The van der Waals surface area contributed by atoms with Gasteiger partial charge in [-0.2, -0.15) is 5.10 Å². The van der Waals surface area contributed by atoms with Crippen molar-refractivity contribution in [1.29, 1.82) is 0 Å². The zero-order chi connectivity index (χ0) is 13.9. The van der Waals surface area contributed by atoms with Crippen LogP contribution < -0.4 is 0 Å². The van der Waals surface area contributed by atoms with E-state index < -0.39 is 0 Å². The number of nitrogens with one attached hydrogen (secondary N) is 1. The van der Waals surface area contributed by atoms with Gasteiger partial charge in [0.05, 0.1) is 24.1 Å². The van der Waals surface area contributed by atoms with Crippen molar-refractivity contribution < 1.29 is 0 Å². The van der Waals surface area contributed by atoms with Gasteiger partial charge in [-0.25, -0.2) is 9.97 Å². The molecule has 0 spiro atoms. The number of benzene rings is 1. The summed E-state index contributed by atoms with van der Waals surface area (Å²) in [5.74, 6) is 0.992. The lowest BCUT2D eigenvalue weighted by Crippen LogP contribution is -2.23. The van der Waals surface area contributed by atoms with Crippen LogP contribution in [0.2, 0.25) is 0 Å². The number of likely N-dealkylation sites (N-methyl/N-ethyl adjacent to an activating group) is 1.